The lowest BCUT2D eigenvalue weighted by atomic mass is 9.64. The maximum Gasteiger partial charge on any atom is 0.235 e. The molecule has 0 spiro atoms. The zero-order valence-electron chi connectivity index (χ0n) is 13.5. The predicted octanol–water partition coefficient (Wildman–Crippen LogP) is 3.95. The number of rotatable bonds is 4. The zero-order valence-corrected chi connectivity index (χ0v) is 13.5. The Bertz CT molecular complexity index is 688. The summed E-state index contributed by atoms with van der Waals surface area (Å²) in [6.45, 7) is 0. The molecule has 0 atom stereocenters. The summed E-state index contributed by atoms with van der Waals surface area (Å²) in [4.78, 5) is 14.8. The van der Waals surface area contributed by atoms with Crippen LogP contribution in [0, 0.1) is 5.82 Å². The lowest BCUT2D eigenvalue weighted by Crippen LogP contribution is -2.46. The van der Waals surface area contributed by atoms with Crippen LogP contribution in [-0.2, 0) is 10.2 Å². The predicted molar refractivity (Wildman–Crippen MR) is 91.3 cm³/mol. The molecular formula is C19H21FN2O. The van der Waals surface area contributed by atoms with Gasteiger partial charge < -0.3 is 10.2 Å². The molecule has 0 unspecified atom stereocenters. The maximum atomic E-state index is 13.1. The SMILES string of the molecule is CN(C)c1ccc(NC(=O)C2(c3ccc(F)cc3)CCC2)cc1. The minimum absolute atomic E-state index is 0.00652. The van der Waals surface area contributed by atoms with E-state index in [1.165, 1.54) is 12.1 Å². The van der Waals surface area contributed by atoms with Gasteiger partial charge in [-0.15, -0.1) is 0 Å². The van der Waals surface area contributed by atoms with Gasteiger partial charge in [-0.1, -0.05) is 18.6 Å². The fraction of sp³-hybridized carbons (Fsp3) is 0.316. The monoisotopic (exact) mass is 312 g/mol. The van der Waals surface area contributed by atoms with Gasteiger partial charge in [0.2, 0.25) is 5.91 Å². The standard InChI is InChI=1S/C19H21FN2O/c1-22(2)17-10-8-16(9-11-17)21-18(23)19(12-3-13-19)14-4-6-15(20)7-5-14/h4-11H,3,12-13H2,1-2H3,(H,21,23). The lowest BCUT2D eigenvalue weighted by molar-refractivity contribution is -0.124. The van der Waals surface area contributed by atoms with Crippen LogP contribution in [0.25, 0.3) is 0 Å². The Kier molecular flexibility index (Phi) is 4.07. The van der Waals surface area contributed by atoms with Crippen LogP contribution in [0.5, 0.6) is 0 Å². The molecule has 1 fully saturated rings. The largest absolute Gasteiger partial charge is 0.378 e. The molecule has 23 heavy (non-hydrogen) atoms. The van der Waals surface area contributed by atoms with E-state index in [0.717, 1.165) is 36.2 Å². The van der Waals surface area contributed by atoms with Crippen LogP contribution in [0.2, 0.25) is 0 Å². The number of anilines is 2. The van der Waals surface area contributed by atoms with Gasteiger partial charge in [-0.05, 0) is 54.8 Å². The molecule has 2 aromatic rings. The van der Waals surface area contributed by atoms with Crippen molar-refractivity contribution in [3.8, 4) is 0 Å². The zero-order chi connectivity index (χ0) is 16.4. The Morgan fingerprint density at radius 2 is 1.65 bits per heavy atom. The van der Waals surface area contributed by atoms with E-state index in [4.69, 9.17) is 0 Å². The van der Waals surface area contributed by atoms with Gasteiger partial charge in [-0.3, -0.25) is 4.79 Å². The van der Waals surface area contributed by atoms with Gasteiger partial charge in [-0.2, -0.15) is 0 Å². The summed E-state index contributed by atoms with van der Waals surface area (Å²) in [7, 11) is 3.96. The van der Waals surface area contributed by atoms with Crippen LogP contribution < -0.4 is 10.2 Å². The van der Waals surface area contributed by atoms with Gasteiger partial charge in [0.05, 0.1) is 5.41 Å². The van der Waals surface area contributed by atoms with Gasteiger partial charge >= 0.3 is 0 Å². The summed E-state index contributed by atoms with van der Waals surface area (Å²) in [6, 6.07) is 14.1. The molecule has 1 amide bonds. The number of halogens is 1. The van der Waals surface area contributed by atoms with Crippen LogP contribution in [0.1, 0.15) is 24.8 Å². The van der Waals surface area contributed by atoms with Crippen molar-refractivity contribution < 1.29 is 9.18 Å². The maximum absolute atomic E-state index is 13.1. The molecule has 1 N–H and O–H groups in total. The third-order valence-corrected chi connectivity index (χ3v) is 4.68. The van der Waals surface area contributed by atoms with Crippen LogP contribution in [-0.4, -0.2) is 20.0 Å². The molecule has 1 saturated carbocycles. The van der Waals surface area contributed by atoms with Crippen molar-refractivity contribution in [3.63, 3.8) is 0 Å². The molecule has 0 heterocycles. The van der Waals surface area contributed by atoms with Crippen molar-refractivity contribution in [2.45, 2.75) is 24.7 Å². The summed E-state index contributed by atoms with van der Waals surface area (Å²) in [5.41, 5.74) is 2.25. The first-order valence-electron chi connectivity index (χ1n) is 7.86. The Morgan fingerprint density at radius 3 is 2.13 bits per heavy atom. The van der Waals surface area contributed by atoms with Crippen LogP contribution in [0.4, 0.5) is 15.8 Å². The summed E-state index contributed by atoms with van der Waals surface area (Å²) in [5, 5.41) is 3.01. The number of benzene rings is 2. The molecule has 0 bridgehead atoms. The van der Waals surface area contributed by atoms with Crippen LogP contribution >= 0.6 is 0 Å². The minimum atomic E-state index is -0.520. The number of nitrogens with zero attached hydrogens (tertiary/aromatic N) is 1. The van der Waals surface area contributed by atoms with Crippen molar-refractivity contribution in [3.05, 3.63) is 59.9 Å². The van der Waals surface area contributed by atoms with E-state index < -0.39 is 5.41 Å². The number of amides is 1. The number of hydrogen-bond acceptors (Lipinski definition) is 2. The van der Waals surface area contributed by atoms with Crippen molar-refractivity contribution in [1.29, 1.82) is 0 Å². The molecule has 1 aliphatic rings. The van der Waals surface area contributed by atoms with Crippen molar-refractivity contribution in [1.82, 2.24) is 0 Å². The Labute approximate surface area is 136 Å². The average Bonchev–Trinajstić information content (AvgIpc) is 2.48. The average molecular weight is 312 g/mol. The van der Waals surface area contributed by atoms with E-state index in [2.05, 4.69) is 5.32 Å². The van der Waals surface area contributed by atoms with Crippen molar-refractivity contribution >= 4 is 17.3 Å². The van der Waals surface area contributed by atoms with Gasteiger partial charge in [0.15, 0.2) is 0 Å². The Balaban J connectivity index is 1.79. The normalized spacial score (nSPS) is 15.6. The molecule has 120 valence electrons. The second kappa shape index (κ2) is 6.03. The first-order valence-corrected chi connectivity index (χ1v) is 7.86. The van der Waals surface area contributed by atoms with Crippen LogP contribution in [0.15, 0.2) is 48.5 Å². The van der Waals surface area contributed by atoms with E-state index >= 15 is 0 Å². The molecule has 0 aliphatic heterocycles. The molecule has 2 aromatic carbocycles. The number of hydrogen-bond donors (Lipinski definition) is 1. The quantitative estimate of drug-likeness (QED) is 0.927. The number of nitrogens with one attached hydrogen (secondary N) is 1. The highest BCUT2D eigenvalue weighted by molar-refractivity contribution is 6.00. The summed E-state index contributed by atoms with van der Waals surface area (Å²) >= 11 is 0. The third-order valence-electron chi connectivity index (χ3n) is 4.68. The van der Waals surface area contributed by atoms with Crippen molar-refractivity contribution in [2.24, 2.45) is 0 Å². The topological polar surface area (TPSA) is 32.3 Å². The van der Waals surface area contributed by atoms with E-state index in [-0.39, 0.29) is 11.7 Å². The summed E-state index contributed by atoms with van der Waals surface area (Å²) in [6.07, 6.45) is 2.63. The highest BCUT2D eigenvalue weighted by Gasteiger charge is 2.45. The fourth-order valence-electron chi connectivity index (χ4n) is 3.04. The second-order valence-electron chi connectivity index (χ2n) is 6.34. The first kappa shape index (κ1) is 15.5. The van der Waals surface area contributed by atoms with Gasteiger partial charge in [0.1, 0.15) is 5.82 Å². The molecule has 1 aliphatic carbocycles. The molecule has 0 aromatic heterocycles. The molecule has 3 rings (SSSR count). The van der Waals surface area contributed by atoms with Gasteiger partial charge in [-0.25, -0.2) is 4.39 Å². The van der Waals surface area contributed by atoms with E-state index in [1.807, 2.05) is 43.3 Å². The Morgan fingerprint density at radius 1 is 1.04 bits per heavy atom. The number of carbonyl (C=O) groups excluding carboxylic acids is 1. The highest BCUT2D eigenvalue weighted by atomic mass is 19.1. The highest BCUT2D eigenvalue weighted by Crippen LogP contribution is 2.44. The van der Waals surface area contributed by atoms with E-state index in [9.17, 15) is 9.18 Å². The second-order valence-corrected chi connectivity index (χ2v) is 6.34. The Hall–Kier alpha value is -2.36. The minimum Gasteiger partial charge on any atom is -0.378 e. The van der Waals surface area contributed by atoms with E-state index in [0.29, 0.717) is 0 Å². The van der Waals surface area contributed by atoms with E-state index in [1.54, 1.807) is 12.1 Å². The number of carbonyl (C=O) groups is 1. The van der Waals surface area contributed by atoms with Crippen LogP contribution in [0.3, 0.4) is 0 Å². The lowest BCUT2D eigenvalue weighted by Gasteiger charge is -2.40. The third kappa shape index (κ3) is 2.93. The molecule has 4 heteroatoms. The smallest absolute Gasteiger partial charge is 0.235 e. The van der Waals surface area contributed by atoms with Gasteiger partial charge in [0, 0.05) is 25.5 Å². The molecule has 3 nitrogen and oxygen atoms in total. The molecule has 0 saturated heterocycles. The van der Waals surface area contributed by atoms with Crippen molar-refractivity contribution in [2.75, 3.05) is 24.3 Å². The van der Waals surface area contributed by atoms with Gasteiger partial charge in [0.25, 0.3) is 0 Å². The summed E-state index contributed by atoms with van der Waals surface area (Å²) in [5.74, 6) is -0.282. The first-order chi connectivity index (χ1) is 11.0. The molecule has 0 radical (unpaired) electrons. The fourth-order valence-corrected chi connectivity index (χ4v) is 3.04. The summed E-state index contributed by atoms with van der Waals surface area (Å²) < 4.78 is 13.1. The molecular weight excluding hydrogens is 291 g/mol.